The van der Waals surface area contributed by atoms with Crippen LogP contribution in [-0.4, -0.2) is 49.4 Å². The molecule has 0 unspecified atom stereocenters. The van der Waals surface area contributed by atoms with Gasteiger partial charge in [-0.2, -0.15) is 4.99 Å². The Kier molecular flexibility index (Phi) is 5.35. The predicted octanol–water partition coefficient (Wildman–Crippen LogP) is 2.68. The molecular formula is C20H19FN2O4S2. The predicted molar refractivity (Wildman–Crippen MR) is 112 cm³/mol. The largest absolute Gasteiger partial charge is 0.496 e. The minimum absolute atomic E-state index is 0.00694. The van der Waals surface area contributed by atoms with Gasteiger partial charge in [0.05, 0.1) is 36.8 Å². The average Bonchev–Trinajstić information content (AvgIpc) is 3.13. The van der Waals surface area contributed by atoms with E-state index in [2.05, 4.69) is 4.99 Å². The number of amides is 1. The molecule has 2 aromatic carbocycles. The monoisotopic (exact) mass is 434 g/mol. The Bertz CT molecular complexity index is 1090. The second-order valence-corrected chi connectivity index (χ2v) is 10.3. The van der Waals surface area contributed by atoms with Crippen molar-refractivity contribution in [3.63, 3.8) is 0 Å². The van der Waals surface area contributed by atoms with Crippen molar-refractivity contribution in [1.82, 2.24) is 0 Å². The Hall–Kier alpha value is -2.39. The molecule has 0 radical (unpaired) electrons. The minimum atomic E-state index is -3.21. The molecule has 0 aromatic heterocycles. The molecule has 4 rings (SSSR count). The number of halogens is 1. The number of para-hydroxylation sites is 2. The van der Waals surface area contributed by atoms with Crippen molar-refractivity contribution in [2.75, 3.05) is 23.5 Å². The lowest BCUT2D eigenvalue weighted by atomic mass is 10.1. The van der Waals surface area contributed by atoms with Crippen molar-refractivity contribution in [2.24, 2.45) is 4.99 Å². The fourth-order valence-corrected chi connectivity index (χ4v) is 7.58. The number of carbonyl (C=O) groups excluding carboxylic acids is 1. The molecule has 2 aromatic rings. The summed E-state index contributed by atoms with van der Waals surface area (Å²) in [5.74, 6) is -0.385. The van der Waals surface area contributed by atoms with Crippen molar-refractivity contribution >= 4 is 38.4 Å². The first-order valence-electron chi connectivity index (χ1n) is 9.02. The van der Waals surface area contributed by atoms with Gasteiger partial charge in [-0.25, -0.2) is 12.8 Å². The Balaban J connectivity index is 1.66. The van der Waals surface area contributed by atoms with Crippen LogP contribution in [0.4, 0.5) is 10.1 Å². The molecule has 9 heteroatoms. The summed E-state index contributed by atoms with van der Waals surface area (Å²) in [7, 11) is -1.68. The van der Waals surface area contributed by atoms with Crippen LogP contribution in [0.5, 0.6) is 5.75 Å². The Labute approximate surface area is 172 Å². The lowest BCUT2D eigenvalue weighted by Crippen LogP contribution is -2.38. The second kappa shape index (κ2) is 7.79. The summed E-state index contributed by atoms with van der Waals surface area (Å²) in [5.41, 5.74) is 0.931. The summed E-state index contributed by atoms with van der Waals surface area (Å²) in [5, 5.41) is 0.0531. The number of ether oxygens (including phenoxy) is 1. The molecule has 2 saturated heterocycles. The molecule has 6 nitrogen and oxygen atoms in total. The third kappa shape index (κ3) is 4.02. The smallest absolute Gasteiger partial charge is 0.252 e. The Morgan fingerprint density at radius 1 is 1.21 bits per heavy atom. The molecule has 2 fully saturated rings. The highest BCUT2D eigenvalue weighted by Gasteiger charge is 2.49. The van der Waals surface area contributed by atoms with Crippen LogP contribution in [-0.2, 0) is 21.1 Å². The number of carbonyl (C=O) groups is 1. The third-order valence-electron chi connectivity index (χ3n) is 4.93. The molecule has 0 aliphatic carbocycles. The zero-order valence-corrected chi connectivity index (χ0v) is 17.2. The van der Waals surface area contributed by atoms with Gasteiger partial charge in [0.2, 0.25) is 0 Å². The van der Waals surface area contributed by atoms with Gasteiger partial charge in [-0.15, -0.1) is 0 Å². The Morgan fingerprint density at radius 3 is 2.69 bits per heavy atom. The first-order chi connectivity index (χ1) is 13.9. The summed E-state index contributed by atoms with van der Waals surface area (Å²) in [6.45, 7) is 0. The van der Waals surface area contributed by atoms with Crippen molar-refractivity contribution in [2.45, 2.75) is 17.7 Å². The van der Waals surface area contributed by atoms with Gasteiger partial charge < -0.3 is 9.64 Å². The summed E-state index contributed by atoms with van der Waals surface area (Å²) < 4.78 is 43.9. The number of amidine groups is 1. The molecule has 2 heterocycles. The third-order valence-corrected chi connectivity index (χ3v) is 8.14. The maximum Gasteiger partial charge on any atom is 0.252 e. The molecular weight excluding hydrogens is 415 g/mol. The Morgan fingerprint density at radius 2 is 1.93 bits per heavy atom. The van der Waals surface area contributed by atoms with Crippen LogP contribution in [0.1, 0.15) is 5.56 Å². The van der Waals surface area contributed by atoms with Gasteiger partial charge in [-0.3, -0.25) is 4.79 Å². The lowest BCUT2D eigenvalue weighted by Gasteiger charge is -2.24. The number of hydrogen-bond donors (Lipinski definition) is 0. The fraction of sp³-hybridized carbons (Fsp3) is 0.300. The maximum absolute atomic E-state index is 14.5. The number of thioether (sulfide) groups is 1. The fourth-order valence-electron chi connectivity index (χ4n) is 3.65. The molecule has 2 aliphatic rings. The quantitative estimate of drug-likeness (QED) is 0.737. The van der Waals surface area contributed by atoms with E-state index >= 15 is 0 Å². The molecule has 1 amide bonds. The summed E-state index contributed by atoms with van der Waals surface area (Å²) in [6, 6.07) is 12.9. The normalized spacial score (nSPS) is 23.9. The molecule has 152 valence electrons. The lowest BCUT2D eigenvalue weighted by molar-refractivity contribution is -0.117. The van der Waals surface area contributed by atoms with E-state index in [1.54, 1.807) is 35.2 Å². The number of hydrogen-bond acceptors (Lipinski definition) is 5. The first kappa shape index (κ1) is 19.9. The van der Waals surface area contributed by atoms with Crippen molar-refractivity contribution in [3.8, 4) is 5.75 Å². The van der Waals surface area contributed by atoms with Gasteiger partial charge in [-0.1, -0.05) is 42.1 Å². The molecule has 0 bridgehead atoms. The van der Waals surface area contributed by atoms with Crippen LogP contribution in [0.25, 0.3) is 0 Å². The average molecular weight is 435 g/mol. The van der Waals surface area contributed by atoms with E-state index in [1.165, 1.54) is 24.9 Å². The number of rotatable bonds is 4. The van der Waals surface area contributed by atoms with E-state index in [1.807, 2.05) is 12.1 Å². The summed E-state index contributed by atoms with van der Waals surface area (Å²) >= 11 is 1.22. The van der Waals surface area contributed by atoms with Crippen molar-refractivity contribution < 1.29 is 22.3 Å². The topological polar surface area (TPSA) is 76.0 Å². The van der Waals surface area contributed by atoms with Crippen LogP contribution in [0, 0.1) is 5.82 Å². The van der Waals surface area contributed by atoms with Crippen molar-refractivity contribution in [3.05, 3.63) is 59.9 Å². The maximum atomic E-state index is 14.5. The summed E-state index contributed by atoms with van der Waals surface area (Å²) in [6.07, 6.45) is 0.0345. The summed E-state index contributed by atoms with van der Waals surface area (Å²) in [4.78, 5) is 18.4. The number of benzene rings is 2. The highest BCUT2D eigenvalue weighted by atomic mass is 32.2. The number of nitrogens with zero attached hydrogens (tertiary/aromatic N) is 2. The zero-order chi connectivity index (χ0) is 20.6. The molecule has 2 atom stereocenters. The minimum Gasteiger partial charge on any atom is -0.496 e. The highest BCUT2D eigenvalue weighted by molar-refractivity contribution is 8.16. The molecule has 0 saturated carbocycles. The van der Waals surface area contributed by atoms with Crippen LogP contribution in [0.2, 0.25) is 0 Å². The molecule has 29 heavy (non-hydrogen) atoms. The SMILES string of the molecule is COc1ccccc1CC(=O)N=C1S[C@@H]2CS(=O)(=O)C[C@@H]2N1c1ccccc1F. The van der Waals surface area contributed by atoms with E-state index in [4.69, 9.17) is 4.74 Å². The van der Waals surface area contributed by atoms with E-state index in [9.17, 15) is 17.6 Å². The number of anilines is 1. The van der Waals surface area contributed by atoms with Gasteiger partial charge in [0.1, 0.15) is 11.6 Å². The van der Waals surface area contributed by atoms with Crippen LogP contribution in [0.3, 0.4) is 0 Å². The number of sulfone groups is 1. The van der Waals surface area contributed by atoms with E-state index in [-0.39, 0.29) is 28.9 Å². The van der Waals surface area contributed by atoms with Crippen LogP contribution >= 0.6 is 11.8 Å². The molecule has 0 spiro atoms. The zero-order valence-electron chi connectivity index (χ0n) is 15.6. The standard InChI is InChI=1S/C20H19FN2O4S2/c1-27-17-9-5-2-6-13(17)10-19(24)22-20-23(15-8-4-3-7-14(15)21)16-11-29(25,26)12-18(16)28-20/h2-9,16,18H,10-12H2,1H3/t16-,18+/m0/s1. The van der Waals surface area contributed by atoms with Gasteiger partial charge in [0.25, 0.3) is 5.91 Å². The second-order valence-electron chi connectivity index (χ2n) is 6.90. The molecule has 0 N–H and O–H groups in total. The van der Waals surface area contributed by atoms with E-state index in [0.717, 1.165) is 0 Å². The highest BCUT2D eigenvalue weighted by Crippen LogP contribution is 2.41. The van der Waals surface area contributed by atoms with E-state index < -0.39 is 27.6 Å². The van der Waals surface area contributed by atoms with Gasteiger partial charge in [0.15, 0.2) is 15.0 Å². The number of aliphatic imine (C=N–C) groups is 1. The number of methoxy groups -OCH3 is 1. The van der Waals surface area contributed by atoms with Crippen molar-refractivity contribution in [1.29, 1.82) is 0 Å². The van der Waals surface area contributed by atoms with Gasteiger partial charge >= 0.3 is 0 Å². The van der Waals surface area contributed by atoms with Crippen LogP contribution < -0.4 is 9.64 Å². The van der Waals surface area contributed by atoms with Gasteiger partial charge in [0, 0.05) is 10.8 Å². The van der Waals surface area contributed by atoms with Gasteiger partial charge in [-0.05, 0) is 18.2 Å². The van der Waals surface area contributed by atoms with E-state index in [0.29, 0.717) is 16.5 Å². The number of fused-ring (bicyclic) bond motifs is 1. The van der Waals surface area contributed by atoms with Crippen LogP contribution in [0.15, 0.2) is 53.5 Å². The first-order valence-corrected chi connectivity index (χ1v) is 11.7. The molecule has 2 aliphatic heterocycles.